The third-order valence-electron chi connectivity index (χ3n) is 4.37. The highest BCUT2D eigenvalue weighted by Crippen LogP contribution is 2.48. The van der Waals surface area contributed by atoms with Crippen molar-refractivity contribution < 1.29 is 36.2 Å². The first kappa shape index (κ1) is 22.5. The van der Waals surface area contributed by atoms with Crippen LogP contribution in [0.15, 0.2) is 59.7 Å². The zero-order valence-electron chi connectivity index (χ0n) is 15.3. The van der Waals surface area contributed by atoms with Gasteiger partial charge in [-0.15, -0.1) is 0 Å². The summed E-state index contributed by atoms with van der Waals surface area (Å²) in [5.74, 6) is -2.13. The summed E-state index contributed by atoms with van der Waals surface area (Å²) in [6.07, 6.45) is -12.0. The van der Waals surface area contributed by atoms with Gasteiger partial charge in [-0.05, 0) is 42.0 Å². The molecule has 1 unspecified atom stereocenters. The number of alkyl halides is 6. The molecule has 2 rings (SSSR count). The molecule has 0 bridgehead atoms. The number of benzene rings is 2. The van der Waals surface area contributed by atoms with Crippen molar-refractivity contribution in [2.75, 3.05) is 12.5 Å². The highest BCUT2D eigenvalue weighted by Gasteiger charge is 2.73. The van der Waals surface area contributed by atoms with Crippen LogP contribution < -0.4 is 10.2 Å². The van der Waals surface area contributed by atoms with E-state index in [1.54, 1.807) is 18.2 Å². The zero-order chi connectivity index (χ0) is 21.9. The third kappa shape index (κ3) is 4.64. The number of nitrogens with zero attached hydrogens (tertiary/aromatic N) is 1. The van der Waals surface area contributed by atoms with E-state index in [2.05, 4.69) is 10.5 Å². The molecule has 1 atom stereocenters. The van der Waals surface area contributed by atoms with E-state index < -0.39 is 29.6 Å². The fraction of sp³-hybridized carbons (Fsp3) is 0.316. The average molecular weight is 420 g/mol. The van der Waals surface area contributed by atoms with E-state index in [0.717, 1.165) is 0 Å². The van der Waals surface area contributed by atoms with Crippen molar-refractivity contribution in [1.29, 1.82) is 0 Å². The van der Waals surface area contributed by atoms with Crippen LogP contribution in [0.1, 0.15) is 12.5 Å². The Balaban J connectivity index is 2.58. The van der Waals surface area contributed by atoms with Crippen LogP contribution >= 0.6 is 0 Å². The van der Waals surface area contributed by atoms with E-state index in [1.807, 2.05) is 0 Å². The molecule has 0 aromatic heterocycles. The Labute approximate surface area is 162 Å². The molecule has 0 saturated heterocycles. The summed E-state index contributed by atoms with van der Waals surface area (Å²) in [6.45, 7) is 0.622. The molecule has 0 amide bonds. The largest absolute Gasteiger partial charge is 0.497 e. The fourth-order valence-electron chi connectivity index (χ4n) is 2.66. The van der Waals surface area contributed by atoms with E-state index in [0.29, 0.717) is 18.4 Å². The highest BCUT2D eigenvalue weighted by molar-refractivity contribution is 6.03. The van der Waals surface area contributed by atoms with E-state index in [4.69, 9.17) is 4.74 Å². The molecule has 0 fully saturated rings. The molecule has 10 heteroatoms. The van der Waals surface area contributed by atoms with E-state index >= 15 is 0 Å². The van der Waals surface area contributed by atoms with Crippen LogP contribution in [-0.4, -0.2) is 35.9 Å². The molecular weight excluding hydrogens is 402 g/mol. The highest BCUT2D eigenvalue weighted by atomic mass is 19.4. The molecular formula is C19H18F6N2O2. The second-order valence-electron chi connectivity index (χ2n) is 6.19. The molecule has 0 radical (unpaired) electrons. The number of ether oxygens (including phenoxy) is 1. The number of aliphatic hydroxyl groups is 1. The number of anilines is 1. The van der Waals surface area contributed by atoms with Gasteiger partial charge in [0.25, 0.3) is 5.60 Å². The Hall–Kier alpha value is -2.75. The van der Waals surface area contributed by atoms with E-state index in [1.165, 1.54) is 43.5 Å². The Morgan fingerprint density at radius 3 is 1.90 bits per heavy atom. The first-order valence-corrected chi connectivity index (χ1v) is 8.30. The summed E-state index contributed by atoms with van der Waals surface area (Å²) < 4.78 is 85.0. The standard InChI is InChI=1S/C19H18F6N2O2/c1-12(17(28,18(20,21)22)19(23,24)25)16(13-8-10-15(29-2)11-9-13)27-26-14-6-4-3-5-7-14/h3-12,26,28H,1-2H3. The Kier molecular flexibility index (Phi) is 6.46. The second kappa shape index (κ2) is 8.32. The van der Waals surface area contributed by atoms with Gasteiger partial charge in [0.2, 0.25) is 0 Å². The van der Waals surface area contributed by atoms with Crippen molar-refractivity contribution in [2.24, 2.45) is 11.0 Å². The van der Waals surface area contributed by atoms with Crippen LogP contribution in [0.5, 0.6) is 5.75 Å². The molecule has 0 heterocycles. The molecule has 29 heavy (non-hydrogen) atoms. The maximum atomic E-state index is 13.3. The fourth-order valence-corrected chi connectivity index (χ4v) is 2.66. The van der Waals surface area contributed by atoms with Crippen molar-refractivity contribution in [1.82, 2.24) is 0 Å². The van der Waals surface area contributed by atoms with Crippen LogP contribution in [0, 0.1) is 5.92 Å². The number of para-hydroxylation sites is 1. The van der Waals surface area contributed by atoms with Gasteiger partial charge in [0.1, 0.15) is 5.75 Å². The monoisotopic (exact) mass is 420 g/mol. The average Bonchev–Trinajstić information content (AvgIpc) is 2.66. The minimum atomic E-state index is -5.98. The van der Waals surface area contributed by atoms with Crippen LogP contribution in [0.25, 0.3) is 0 Å². The minimum absolute atomic E-state index is 0.0475. The molecule has 0 aliphatic carbocycles. The first-order chi connectivity index (χ1) is 13.4. The molecule has 2 N–H and O–H groups in total. The van der Waals surface area contributed by atoms with Gasteiger partial charge in [-0.2, -0.15) is 31.4 Å². The third-order valence-corrected chi connectivity index (χ3v) is 4.37. The normalized spacial score (nSPS) is 14.4. The first-order valence-electron chi connectivity index (χ1n) is 8.30. The lowest BCUT2D eigenvalue weighted by atomic mass is 9.81. The number of hydrogen-bond acceptors (Lipinski definition) is 4. The van der Waals surface area contributed by atoms with Crippen LogP contribution in [-0.2, 0) is 0 Å². The van der Waals surface area contributed by atoms with Crippen LogP contribution in [0.4, 0.5) is 32.0 Å². The van der Waals surface area contributed by atoms with Crippen LogP contribution in [0.3, 0.4) is 0 Å². The molecule has 0 aliphatic heterocycles. The Bertz CT molecular complexity index is 819. The molecule has 0 spiro atoms. The summed E-state index contributed by atoms with van der Waals surface area (Å²) in [5.41, 5.74) is -2.90. The van der Waals surface area contributed by atoms with Gasteiger partial charge >= 0.3 is 12.4 Å². The molecule has 4 nitrogen and oxygen atoms in total. The molecule has 2 aromatic rings. The predicted octanol–water partition coefficient (Wildman–Crippen LogP) is 5.00. The number of hydrazone groups is 1. The Morgan fingerprint density at radius 2 is 1.45 bits per heavy atom. The summed E-state index contributed by atoms with van der Waals surface area (Å²) in [6, 6.07) is 13.2. The number of halogens is 6. The van der Waals surface area contributed by atoms with Gasteiger partial charge < -0.3 is 9.84 Å². The van der Waals surface area contributed by atoms with Gasteiger partial charge in [0.05, 0.1) is 18.5 Å². The lowest BCUT2D eigenvalue weighted by Crippen LogP contribution is -2.62. The van der Waals surface area contributed by atoms with E-state index in [9.17, 15) is 31.4 Å². The van der Waals surface area contributed by atoms with Gasteiger partial charge in [-0.3, -0.25) is 5.43 Å². The zero-order valence-corrected chi connectivity index (χ0v) is 15.3. The maximum Gasteiger partial charge on any atom is 0.426 e. The summed E-state index contributed by atoms with van der Waals surface area (Å²) in [5, 5.41) is 13.6. The predicted molar refractivity (Wildman–Crippen MR) is 95.8 cm³/mol. The van der Waals surface area contributed by atoms with Crippen molar-refractivity contribution >= 4 is 11.4 Å². The molecule has 158 valence electrons. The number of rotatable bonds is 6. The van der Waals surface area contributed by atoms with Crippen molar-refractivity contribution in [3.63, 3.8) is 0 Å². The van der Waals surface area contributed by atoms with Crippen molar-refractivity contribution in [3.8, 4) is 5.75 Å². The minimum Gasteiger partial charge on any atom is -0.497 e. The summed E-state index contributed by atoms with van der Waals surface area (Å²) in [7, 11) is 1.36. The smallest absolute Gasteiger partial charge is 0.426 e. The summed E-state index contributed by atoms with van der Waals surface area (Å²) >= 11 is 0. The summed E-state index contributed by atoms with van der Waals surface area (Å²) in [4.78, 5) is 0. The van der Waals surface area contributed by atoms with Gasteiger partial charge in [0, 0.05) is 5.92 Å². The quantitative estimate of drug-likeness (QED) is 0.393. The van der Waals surface area contributed by atoms with Gasteiger partial charge in [0.15, 0.2) is 0 Å². The number of methoxy groups -OCH3 is 1. The maximum absolute atomic E-state index is 13.3. The van der Waals surface area contributed by atoms with Gasteiger partial charge in [-0.25, -0.2) is 0 Å². The number of hydrogen-bond donors (Lipinski definition) is 2. The Morgan fingerprint density at radius 1 is 0.931 bits per heavy atom. The second-order valence-corrected chi connectivity index (χ2v) is 6.19. The molecule has 2 aromatic carbocycles. The lowest BCUT2D eigenvalue weighted by molar-refractivity contribution is -0.376. The molecule has 0 aliphatic rings. The van der Waals surface area contributed by atoms with E-state index in [-0.39, 0.29) is 5.56 Å². The SMILES string of the molecule is COc1ccc(C(=NNc2ccccc2)C(C)C(O)(C(F)(F)F)C(F)(F)F)cc1. The van der Waals surface area contributed by atoms with Crippen LogP contribution in [0.2, 0.25) is 0 Å². The molecule has 0 saturated carbocycles. The lowest BCUT2D eigenvalue weighted by Gasteiger charge is -2.37. The topological polar surface area (TPSA) is 53.8 Å². The van der Waals surface area contributed by atoms with Crippen molar-refractivity contribution in [2.45, 2.75) is 24.9 Å². The van der Waals surface area contributed by atoms with Crippen molar-refractivity contribution in [3.05, 3.63) is 60.2 Å². The van der Waals surface area contributed by atoms with Gasteiger partial charge in [-0.1, -0.05) is 25.1 Å². The number of nitrogens with one attached hydrogen (secondary N) is 1.